The lowest BCUT2D eigenvalue weighted by atomic mass is 10.0. The third-order valence-corrected chi connectivity index (χ3v) is 2.14. The van der Waals surface area contributed by atoms with Gasteiger partial charge in [-0.2, -0.15) is 0 Å². The molecule has 2 atom stereocenters. The molecule has 0 aliphatic carbocycles. The average Bonchev–Trinajstić information content (AvgIpc) is 2.27. The highest BCUT2D eigenvalue weighted by atomic mass is 16.6. The lowest BCUT2D eigenvalue weighted by Crippen LogP contribution is -2.27. The number of nitro benzene ring substituents is 1. The molecule has 92 valence electrons. The number of nitrogens with zero attached hydrogens (tertiary/aromatic N) is 1. The summed E-state index contributed by atoms with van der Waals surface area (Å²) in [6, 6.07) is 3.29. The van der Waals surface area contributed by atoms with Crippen molar-refractivity contribution in [3.63, 3.8) is 0 Å². The topological polar surface area (TPSA) is 147 Å². The summed E-state index contributed by atoms with van der Waals surface area (Å²) in [6.45, 7) is 0. The second-order valence-electron chi connectivity index (χ2n) is 3.30. The fourth-order valence-corrected chi connectivity index (χ4v) is 1.22. The Labute approximate surface area is 95.1 Å². The first-order valence-electron chi connectivity index (χ1n) is 4.47. The number of carboxylic acid groups (broad SMARTS) is 1. The lowest BCUT2D eigenvalue weighted by molar-refractivity contribution is -0.384. The first-order chi connectivity index (χ1) is 7.84. The van der Waals surface area contributed by atoms with E-state index in [2.05, 4.69) is 0 Å². The van der Waals surface area contributed by atoms with Crippen molar-refractivity contribution >= 4 is 17.3 Å². The van der Waals surface area contributed by atoms with E-state index >= 15 is 0 Å². The predicted molar refractivity (Wildman–Crippen MR) is 56.1 cm³/mol. The Hall–Kier alpha value is -2.19. The van der Waals surface area contributed by atoms with Gasteiger partial charge in [0.25, 0.3) is 5.69 Å². The zero-order valence-electron chi connectivity index (χ0n) is 8.48. The number of aliphatic hydroxyl groups is 2. The Kier molecular flexibility index (Phi) is 3.61. The number of hydrogen-bond acceptors (Lipinski definition) is 6. The van der Waals surface area contributed by atoms with Gasteiger partial charge in [0.05, 0.1) is 4.92 Å². The quantitative estimate of drug-likeness (QED) is 0.320. The zero-order chi connectivity index (χ0) is 13.2. The van der Waals surface area contributed by atoms with Crippen molar-refractivity contribution in [1.29, 1.82) is 0 Å². The van der Waals surface area contributed by atoms with Crippen LogP contribution in [0.2, 0.25) is 0 Å². The normalized spacial score (nSPS) is 14.0. The average molecular weight is 242 g/mol. The van der Waals surface area contributed by atoms with E-state index in [0.29, 0.717) is 0 Å². The number of aliphatic carboxylic acids is 1. The highest BCUT2D eigenvalue weighted by molar-refractivity contribution is 5.73. The van der Waals surface area contributed by atoms with Crippen LogP contribution in [-0.4, -0.2) is 32.3 Å². The summed E-state index contributed by atoms with van der Waals surface area (Å²) >= 11 is 0. The molecule has 17 heavy (non-hydrogen) atoms. The summed E-state index contributed by atoms with van der Waals surface area (Å²) in [6.07, 6.45) is -3.81. The largest absolute Gasteiger partial charge is 0.479 e. The molecule has 0 fully saturated rings. The summed E-state index contributed by atoms with van der Waals surface area (Å²) in [5.41, 5.74) is 4.65. The highest BCUT2D eigenvalue weighted by Gasteiger charge is 2.26. The molecule has 0 saturated heterocycles. The minimum absolute atomic E-state index is 0.0965. The maximum Gasteiger partial charge on any atom is 0.335 e. The Balaban J connectivity index is 3.11. The summed E-state index contributed by atoms with van der Waals surface area (Å²) in [5, 5.41) is 37.6. The van der Waals surface area contributed by atoms with Crippen molar-refractivity contribution in [2.24, 2.45) is 0 Å². The van der Waals surface area contributed by atoms with Crippen LogP contribution in [-0.2, 0) is 4.79 Å². The zero-order valence-corrected chi connectivity index (χ0v) is 8.48. The Morgan fingerprint density at radius 1 is 1.41 bits per heavy atom. The number of hydrogen-bond donors (Lipinski definition) is 4. The number of aliphatic hydroxyl groups excluding tert-OH is 2. The molecule has 0 saturated carbocycles. The van der Waals surface area contributed by atoms with Crippen molar-refractivity contribution in [3.05, 3.63) is 33.9 Å². The number of benzene rings is 1. The summed E-state index contributed by atoms with van der Waals surface area (Å²) in [4.78, 5) is 20.2. The molecule has 0 bridgehead atoms. The predicted octanol–water partition coefficient (Wildman–Crippen LogP) is -0.344. The third-order valence-electron chi connectivity index (χ3n) is 2.14. The van der Waals surface area contributed by atoms with E-state index in [-0.39, 0.29) is 11.3 Å². The number of carboxylic acids is 1. The van der Waals surface area contributed by atoms with Crippen LogP contribution in [0.1, 0.15) is 11.7 Å². The van der Waals surface area contributed by atoms with Crippen molar-refractivity contribution in [3.8, 4) is 0 Å². The van der Waals surface area contributed by atoms with E-state index in [1.807, 2.05) is 0 Å². The van der Waals surface area contributed by atoms with Crippen LogP contribution in [0.15, 0.2) is 18.2 Å². The smallest absolute Gasteiger partial charge is 0.335 e. The minimum Gasteiger partial charge on any atom is -0.479 e. The van der Waals surface area contributed by atoms with Crippen molar-refractivity contribution in [2.45, 2.75) is 12.2 Å². The van der Waals surface area contributed by atoms with Crippen LogP contribution in [0, 0.1) is 10.1 Å². The lowest BCUT2D eigenvalue weighted by Gasteiger charge is -2.14. The van der Waals surface area contributed by atoms with Gasteiger partial charge in [-0.25, -0.2) is 4.79 Å². The van der Waals surface area contributed by atoms with Gasteiger partial charge in [0.1, 0.15) is 11.8 Å². The molecular formula is C9H10N2O6. The molecule has 8 nitrogen and oxygen atoms in total. The molecule has 0 radical (unpaired) electrons. The van der Waals surface area contributed by atoms with E-state index < -0.39 is 28.8 Å². The van der Waals surface area contributed by atoms with Crippen LogP contribution >= 0.6 is 0 Å². The summed E-state index contributed by atoms with van der Waals surface area (Å²) < 4.78 is 0. The second-order valence-corrected chi connectivity index (χ2v) is 3.30. The Morgan fingerprint density at radius 2 is 2.00 bits per heavy atom. The standard InChI is InChI=1S/C9H10N2O6/c10-5-2-1-4(3-6(5)11(16)17)7(12)8(13)9(14)15/h1-3,7-8,12-13H,10H2,(H,14,15). The van der Waals surface area contributed by atoms with Crippen LogP contribution in [0.3, 0.4) is 0 Å². The molecule has 2 unspecified atom stereocenters. The van der Waals surface area contributed by atoms with Gasteiger partial charge < -0.3 is 21.1 Å². The Morgan fingerprint density at radius 3 is 2.47 bits per heavy atom. The fraction of sp³-hybridized carbons (Fsp3) is 0.222. The van der Waals surface area contributed by atoms with Gasteiger partial charge in [0.15, 0.2) is 6.10 Å². The highest BCUT2D eigenvalue weighted by Crippen LogP contribution is 2.27. The van der Waals surface area contributed by atoms with E-state index in [9.17, 15) is 20.0 Å². The van der Waals surface area contributed by atoms with Gasteiger partial charge in [-0.1, -0.05) is 6.07 Å². The molecule has 0 spiro atoms. The van der Waals surface area contributed by atoms with E-state index in [1.54, 1.807) is 0 Å². The number of carbonyl (C=O) groups is 1. The molecule has 1 aromatic carbocycles. The van der Waals surface area contributed by atoms with Gasteiger partial charge in [0.2, 0.25) is 0 Å². The van der Waals surface area contributed by atoms with E-state index in [4.69, 9.17) is 15.9 Å². The van der Waals surface area contributed by atoms with Crippen LogP contribution in [0.4, 0.5) is 11.4 Å². The number of nitro groups is 1. The number of rotatable bonds is 4. The maximum atomic E-state index is 10.6. The first-order valence-corrected chi connectivity index (χ1v) is 4.47. The van der Waals surface area contributed by atoms with Crippen LogP contribution < -0.4 is 5.73 Å². The number of anilines is 1. The third kappa shape index (κ3) is 2.68. The van der Waals surface area contributed by atoms with Crippen molar-refractivity contribution in [1.82, 2.24) is 0 Å². The van der Waals surface area contributed by atoms with Gasteiger partial charge in [0, 0.05) is 6.07 Å². The molecule has 1 aromatic rings. The molecule has 8 heteroatoms. The van der Waals surface area contributed by atoms with Gasteiger partial charge >= 0.3 is 5.97 Å². The van der Waals surface area contributed by atoms with Crippen LogP contribution in [0.5, 0.6) is 0 Å². The van der Waals surface area contributed by atoms with Gasteiger partial charge in [-0.05, 0) is 11.6 Å². The number of nitrogens with two attached hydrogens (primary N) is 1. The summed E-state index contributed by atoms with van der Waals surface area (Å²) in [5.74, 6) is -1.63. The van der Waals surface area contributed by atoms with Gasteiger partial charge in [-0.15, -0.1) is 0 Å². The van der Waals surface area contributed by atoms with E-state index in [1.165, 1.54) is 6.07 Å². The van der Waals surface area contributed by atoms with Crippen molar-refractivity contribution in [2.75, 3.05) is 5.73 Å². The Bertz CT molecular complexity index is 461. The molecule has 0 aromatic heterocycles. The maximum absolute atomic E-state index is 10.6. The second kappa shape index (κ2) is 4.76. The molecule has 0 aliphatic rings. The molecule has 5 N–H and O–H groups in total. The van der Waals surface area contributed by atoms with Crippen LogP contribution in [0.25, 0.3) is 0 Å². The molecule has 0 amide bonds. The molecule has 0 aliphatic heterocycles. The minimum atomic E-state index is -2.06. The summed E-state index contributed by atoms with van der Waals surface area (Å²) in [7, 11) is 0. The van der Waals surface area contributed by atoms with Gasteiger partial charge in [-0.3, -0.25) is 10.1 Å². The van der Waals surface area contributed by atoms with E-state index in [0.717, 1.165) is 12.1 Å². The molecule has 1 rings (SSSR count). The van der Waals surface area contributed by atoms with Crippen molar-refractivity contribution < 1.29 is 25.0 Å². The molecular weight excluding hydrogens is 232 g/mol. The number of nitrogen functional groups attached to an aromatic ring is 1. The SMILES string of the molecule is Nc1ccc(C(O)C(O)C(=O)O)cc1[N+](=O)[O-]. The molecule has 0 heterocycles. The fourth-order valence-electron chi connectivity index (χ4n) is 1.22. The monoisotopic (exact) mass is 242 g/mol. The first kappa shape index (κ1) is 12.9.